The molecule has 2 bridgehead atoms. The Morgan fingerprint density at radius 1 is 1.27 bits per heavy atom. The van der Waals surface area contributed by atoms with Crippen LogP contribution in [0.2, 0.25) is 0 Å². The van der Waals surface area contributed by atoms with Crippen LogP contribution < -0.4 is 4.74 Å². The number of amides is 1. The molecule has 5 nitrogen and oxygen atoms in total. The minimum atomic E-state index is -0.333. The quantitative estimate of drug-likeness (QED) is 0.596. The third kappa shape index (κ3) is 3.37. The number of aryl methyl sites for hydroxylation is 1. The number of carbonyl (C=O) groups is 1. The molecule has 2 saturated heterocycles. The van der Waals surface area contributed by atoms with Crippen LogP contribution in [0.25, 0.3) is 10.6 Å². The topological polar surface area (TPSA) is 55.3 Å². The highest BCUT2D eigenvalue weighted by atomic mass is 32.1. The Hall–Kier alpha value is -2.80. The number of ether oxygens (including phenoxy) is 1. The van der Waals surface area contributed by atoms with Gasteiger partial charge in [0.1, 0.15) is 28.9 Å². The van der Waals surface area contributed by atoms with Crippen LogP contribution in [0.4, 0.5) is 4.39 Å². The fourth-order valence-corrected chi connectivity index (χ4v) is 5.29. The molecule has 154 valence electrons. The summed E-state index contributed by atoms with van der Waals surface area (Å²) in [7, 11) is 0. The molecule has 4 heterocycles. The molecular weight excluding hydrogens is 401 g/mol. The van der Waals surface area contributed by atoms with Gasteiger partial charge in [0.05, 0.1) is 5.54 Å². The number of fused-ring (bicyclic) bond motifs is 2. The Morgan fingerprint density at radius 3 is 2.80 bits per heavy atom. The molecule has 2 aliphatic heterocycles. The molecule has 0 spiro atoms. The molecule has 0 radical (unpaired) electrons. The van der Waals surface area contributed by atoms with Crippen LogP contribution in [0.5, 0.6) is 5.75 Å². The van der Waals surface area contributed by atoms with Gasteiger partial charge in [-0.15, -0.1) is 11.3 Å². The predicted molar refractivity (Wildman–Crippen MR) is 113 cm³/mol. The van der Waals surface area contributed by atoms with Gasteiger partial charge < -0.3 is 9.64 Å². The van der Waals surface area contributed by atoms with E-state index in [-0.39, 0.29) is 17.3 Å². The van der Waals surface area contributed by atoms with Crippen molar-refractivity contribution >= 4 is 17.2 Å². The van der Waals surface area contributed by atoms with E-state index in [0.29, 0.717) is 30.5 Å². The van der Waals surface area contributed by atoms with Gasteiger partial charge >= 0.3 is 0 Å². The molecule has 30 heavy (non-hydrogen) atoms. The lowest BCUT2D eigenvalue weighted by Gasteiger charge is -2.58. The molecule has 6 rings (SSSR count). The number of halogens is 1. The van der Waals surface area contributed by atoms with Crippen molar-refractivity contribution in [3.8, 4) is 16.3 Å². The number of pyridine rings is 1. The zero-order valence-corrected chi connectivity index (χ0v) is 17.5. The first kappa shape index (κ1) is 19.2. The first-order valence-corrected chi connectivity index (χ1v) is 11.0. The van der Waals surface area contributed by atoms with Crippen molar-refractivity contribution in [3.63, 3.8) is 0 Å². The normalized spacial score (nSPS) is 22.5. The van der Waals surface area contributed by atoms with Gasteiger partial charge in [0.2, 0.25) is 0 Å². The summed E-state index contributed by atoms with van der Waals surface area (Å²) < 4.78 is 19.2. The lowest BCUT2D eigenvalue weighted by Crippen LogP contribution is -2.67. The van der Waals surface area contributed by atoms with Crippen molar-refractivity contribution in [2.45, 2.75) is 31.7 Å². The number of nitrogens with zero attached hydrogens (tertiary/aromatic N) is 3. The average molecular weight is 424 g/mol. The van der Waals surface area contributed by atoms with Gasteiger partial charge in [-0.25, -0.2) is 14.4 Å². The fourth-order valence-electron chi connectivity index (χ4n) is 4.63. The van der Waals surface area contributed by atoms with Crippen LogP contribution in [0.15, 0.2) is 48.0 Å². The highest BCUT2D eigenvalue weighted by Gasteiger charge is 2.54. The molecule has 1 amide bonds. The van der Waals surface area contributed by atoms with Crippen molar-refractivity contribution in [1.82, 2.24) is 14.9 Å². The maximum absolute atomic E-state index is 13.7. The van der Waals surface area contributed by atoms with Crippen LogP contribution in [-0.2, 0) is 0 Å². The summed E-state index contributed by atoms with van der Waals surface area (Å²) in [4.78, 5) is 24.6. The number of hydrogen-bond donors (Lipinski definition) is 0. The third-order valence-electron chi connectivity index (χ3n) is 6.14. The number of benzene rings is 1. The zero-order chi connectivity index (χ0) is 20.7. The third-order valence-corrected chi connectivity index (χ3v) is 6.94. The van der Waals surface area contributed by atoms with Gasteiger partial charge in [0.25, 0.3) is 5.91 Å². The Kier molecular flexibility index (Phi) is 4.77. The first-order valence-electron chi connectivity index (χ1n) is 10.1. The molecule has 0 N–H and O–H groups in total. The summed E-state index contributed by atoms with van der Waals surface area (Å²) >= 11 is 1.50. The second-order valence-corrected chi connectivity index (χ2v) is 9.07. The summed E-state index contributed by atoms with van der Waals surface area (Å²) in [6, 6.07) is 9.87. The SMILES string of the molecule is Cc1ccc(-c2nccs2)c(C(=O)N2CCC3CC2(COc2ccc(F)cc2)C3)n1. The molecular formula is C23H22FN3O2S. The Balaban J connectivity index is 1.43. The van der Waals surface area contributed by atoms with E-state index in [2.05, 4.69) is 9.97 Å². The van der Waals surface area contributed by atoms with Crippen molar-refractivity contribution in [1.29, 1.82) is 0 Å². The monoisotopic (exact) mass is 423 g/mol. The summed E-state index contributed by atoms with van der Waals surface area (Å²) in [5.74, 6) is 0.891. The summed E-state index contributed by atoms with van der Waals surface area (Å²) in [5, 5.41) is 2.70. The van der Waals surface area contributed by atoms with E-state index in [9.17, 15) is 9.18 Å². The number of hydrogen-bond acceptors (Lipinski definition) is 5. The highest BCUT2D eigenvalue weighted by molar-refractivity contribution is 7.13. The molecule has 7 heteroatoms. The smallest absolute Gasteiger partial charge is 0.273 e. The number of aromatic nitrogens is 2. The zero-order valence-electron chi connectivity index (χ0n) is 16.7. The van der Waals surface area contributed by atoms with Crippen LogP contribution >= 0.6 is 11.3 Å². The van der Waals surface area contributed by atoms with Gasteiger partial charge in [-0.3, -0.25) is 4.79 Å². The highest BCUT2D eigenvalue weighted by Crippen LogP contribution is 2.49. The summed E-state index contributed by atoms with van der Waals surface area (Å²) in [6.45, 7) is 2.99. The molecule has 1 aromatic carbocycles. The average Bonchev–Trinajstić information content (AvgIpc) is 3.27. The summed E-state index contributed by atoms with van der Waals surface area (Å²) in [6.07, 6.45) is 4.60. The van der Waals surface area contributed by atoms with Crippen LogP contribution in [0, 0.1) is 18.7 Å². The van der Waals surface area contributed by atoms with Gasteiger partial charge in [0.15, 0.2) is 0 Å². The molecule has 1 aliphatic carbocycles. The molecule has 0 atom stereocenters. The Morgan fingerprint density at radius 2 is 2.07 bits per heavy atom. The molecule has 3 fully saturated rings. The second-order valence-electron chi connectivity index (χ2n) is 8.17. The number of thiazole rings is 1. The lowest BCUT2D eigenvalue weighted by atomic mass is 9.63. The van der Waals surface area contributed by atoms with Crippen molar-refractivity contribution < 1.29 is 13.9 Å². The Labute approximate surface area is 178 Å². The minimum absolute atomic E-state index is 0.0650. The van der Waals surface area contributed by atoms with E-state index in [4.69, 9.17) is 4.74 Å². The van der Waals surface area contributed by atoms with E-state index in [0.717, 1.165) is 35.5 Å². The second kappa shape index (κ2) is 7.47. The lowest BCUT2D eigenvalue weighted by molar-refractivity contribution is -0.0798. The number of carbonyl (C=O) groups excluding carboxylic acids is 1. The van der Waals surface area contributed by atoms with E-state index in [1.807, 2.05) is 29.3 Å². The molecule has 0 unspecified atom stereocenters. The molecule has 2 aromatic heterocycles. The van der Waals surface area contributed by atoms with Crippen molar-refractivity contribution in [3.05, 3.63) is 65.2 Å². The van der Waals surface area contributed by atoms with Gasteiger partial charge in [-0.05, 0) is 68.5 Å². The van der Waals surface area contributed by atoms with E-state index < -0.39 is 0 Å². The van der Waals surface area contributed by atoms with E-state index >= 15 is 0 Å². The van der Waals surface area contributed by atoms with E-state index in [1.54, 1.807) is 18.3 Å². The van der Waals surface area contributed by atoms with E-state index in [1.165, 1.54) is 23.5 Å². The van der Waals surface area contributed by atoms with Crippen LogP contribution in [0.3, 0.4) is 0 Å². The predicted octanol–water partition coefficient (Wildman–Crippen LogP) is 4.73. The largest absolute Gasteiger partial charge is 0.491 e. The maximum Gasteiger partial charge on any atom is 0.273 e. The standard InChI is InChI=1S/C23H22FN3O2S/c1-15-2-7-19(21-25-9-11-30-21)20(26-15)22(28)27-10-8-16-12-23(27,13-16)14-29-18-5-3-17(24)4-6-18/h2-7,9,11,16H,8,10,12-14H2,1H3. The number of rotatable bonds is 5. The molecule has 1 saturated carbocycles. The van der Waals surface area contributed by atoms with Gasteiger partial charge in [-0.1, -0.05) is 0 Å². The number of piperidine rings is 2. The molecule has 3 aliphatic rings. The van der Waals surface area contributed by atoms with Crippen LogP contribution in [-0.4, -0.2) is 39.5 Å². The van der Waals surface area contributed by atoms with Crippen molar-refractivity contribution in [2.75, 3.05) is 13.2 Å². The maximum atomic E-state index is 13.7. The van der Waals surface area contributed by atoms with Gasteiger partial charge in [0, 0.05) is 29.4 Å². The molecule has 3 aromatic rings. The fraction of sp³-hybridized carbons (Fsp3) is 0.348. The van der Waals surface area contributed by atoms with Gasteiger partial charge in [-0.2, -0.15) is 0 Å². The van der Waals surface area contributed by atoms with Crippen LogP contribution in [0.1, 0.15) is 35.4 Å². The minimum Gasteiger partial charge on any atom is -0.491 e. The Bertz CT molecular complexity index is 1060. The first-order chi connectivity index (χ1) is 14.5. The van der Waals surface area contributed by atoms with Crippen molar-refractivity contribution in [2.24, 2.45) is 5.92 Å². The summed E-state index contributed by atoms with van der Waals surface area (Å²) in [5.41, 5.74) is 1.70.